The minimum atomic E-state index is -0.723. The van der Waals surface area contributed by atoms with Crippen LogP contribution in [0.1, 0.15) is 77.6 Å². The fourth-order valence-electron chi connectivity index (χ4n) is 2.07. The zero-order valence-electron chi connectivity index (χ0n) is 14.5. The summed E-state index contributed by atoms with van der Waals surface area (Å²) in [6, 6.07) is 0. The quantitative estimate of drug-likeness (QED) is 0.289. The van der Waals surface area contributed by atoms with Gasteiger partial charge in [0.1, 0.15) is 0 Å². The van der Waals surface area contributed by atoms with Crippen LogP contribution in [0.4, 0.5) is 0 Å². The zero-order valence-corrected chi connectivity index (χ0v) is 14.5. The number of hydrogen-bond donors (Lipinski definition) is 2. The molecule has 0 amide bonds. The molecule has 1 atom stereocenters. The van der Waals surface area contributed by atoms with E-state index in [1.807, 2.05) is 0 Å². The Kier molecular flexibility index (Phi) is 15.7. The Bertz CT molecular complexity index is 399. The summed E-state index contributed by atoms with van der Waals surface area (Å²) >= 11 is 0. The molecule has 0 aliphatic heterocycles. The van der Waals surface area contributed by atoms with Crippen molar-refractivity contribution in [2.24, 2.45) is 0 Å². The third-order valence-electron chi connectivity index (χ3n) is 3.46. The molecule has 0 aliphatic carbocycles. The zero-order chi connectivity index (χ0) is 17.2. The second-order valence-corrected chi connectivity index (χ2v) is 5.75. The Morgan fingerprint density at radius 3 is 2.52 bits per heavy atom. The lowest BCUT2D eigenvalue weighted by atomic mass is 10.1. The van der Waals surface area contributed by atoms with Crippen molar-refractivity contribution in [3.05, 3.63) is 24.3 Å². The third kappa shape index (κ3) is 18.4. The summed E-state index contributed by atoms with van der Waals surface area (Å²) in [4.78, 5) is 10.3. The standard InChI is InChI=1S/C20H32O3/c1-2-3-13-16-19(21)17-14-11-9-7-5-4-6-8-10-12-15-18-20(22)23/h8,10,14,17,19,21H,2-7,12-13,15-16,18H2,1H3,(H,22,23)/b10-8-,17-14+. The average molecular weight is 320 g/mol. The van der Waals surface area contributed by atoms with Gasteiger partial charge in [0.15, 0.2) is 0 Å². The number of carboxylic acids is 1. The lowest BCUT2D eigenvalue weighted by Gasteiger charge is -2.02. The fourth-order valence-corrected chi connectivity index (χ4v) is 2.07. The molecular weight excluding hydrogens is 288 g/mol. The summed E-state index contributed by atoms with van der Waals surface area (Å²) < 4.78 is 0. The van der Waals surface area contributed by atoms with Crippen molar-refractivity contribution in [1.82, 2.24) is 0 Å². The monoisotopic (exact) mass is 320 g/mol. The highest BCUT2D eigenvalue weighted by atomic mass is 16.4. The Labute approximate surface area is 141 Å². The van der Waals surface area contributed by atoms with Crippen LogP contribution in [0, 0.1) is 11.8 Å². The molecule has 0 aliphatic rings. The first-order valence-corrected chi connectivity index (χ1v) is 8.86. The molecule has 0 saturated carbocycles. The molecule has 0 rings (SSSR count). The molecule has 3 nitrogen and oxygen atoms in total. The molecule has 0 heterocycles. The van der Waals surface area contributed by atoms with Crippen molar-refractivity contribution in [2.45, 2.75) is 83.7 Å². The van der Waals surface area contributed by atoms with Gasteiger partial charge in [0, 0.05) is 12.8 Å². The summed E-state index contributed by atoms with van der Waals surface area (Å²) in [6.07, 6.45) is 17.5. The SMILES string of the molecule is CCCCCC(O)/C=C/C#CCCCC/C=C\CCCC(=O)O. The number of aliphatic hydroxyl groups excluding tert-OH is 1. The molecule has 0 aromatic heterocycles. The van der Waals surface area contributed by atoms with Gasteiger partial charge in [0.2, 0.25) is 0 Å². The largest absolute Gasteiger partial charge is 0.481 e. The predicted octanol–water partition coefficient (Wildman–Crippen LogP) is 4.86. The summed E-state index contributed by atoms with van der Waals surface area (Å²) in [7, 11) is 0. The Morgan fingerprint density at radius 2 is 1.83 bits per heavy atom. The first kappa shape index (κ1) is 21.5. The Balaban J connectivity index is 3.47. The van der Waals surface area contributed by atoms with Gasteiger partial charge < -0.3 is 10.2 Å². The number of rotatable bonds is 13. The van der Waals surface area contributed by atoms with Crippen LogP contribution in [0.15, 0.2) is 24.3 Å². The molecule has 23 heavy (non-hydrogen) atoms. The number of carboxylic acid groups (broad SMARTS) is 1. The van der Waals surface area contributed by atoms with E-state index in [1.54, 1.807) is 12.2 Å². The van der Waals surface area contributed by atoms with Crippen LogP contribution in [-0.2, 0) is 4.79 Å². The molecule has 0 aromatic carbocycles. The van der Waals surface area contributed by atoms with E-state index in [0.717, 1.165) is 44.9 Å². The highest BCUT2D eigenvalue weighted by Crippen LogP contribution is 2.04. The van der Waals surface area contributed by atoms with Crippen LogP contribution >= 0.6 is 0 Å². The van der Waals surface area contributed by atoms with E-state index in [2.05, 4.69) is 30.9 Å². The van der Waals surface area contributed by atoms with Crippen molar-refractivity contribution in [3.8, 4) is 11.8 Å². The molecule has 2 N–H and O–H groups in total. The fraction of sp³-hybridized carbons (Fsp3) is 0.650. The molecule has 0 aromatic rings. The van der Waals surface area contributed by atoms with E-state index in [-0.39, 0.29) is 12.5 Å². The Morgan fingerprint density at radius 1 is 1.09 bits per heavy atom. The van der Waals surface area contributed by atoms with Gasteiger partial charge in [0.05, 0.1) is 6.10 Å². The topological polar surface area (TPSA) is 57.5 Å². The van der Waals surface area contributed by atoms with Crippen LogP contribution in [0.3, 0.4) is 0 Å². The van der Waals surface area contributed by atoms with Gasteiger partial charge in [-0.25, -0.2) is 0 Å². The summed E-state index contributed by atoms with van der Waals surface area (Å²) in [5.74, 6) is 5.34. The first-order valence-electron chi connectivity index (χ1n) is 8.86. The summed E-state index contributed by atoms with van der Waals surface area (Å²) in [5, 5.41) is 18.2. The van der Waals surface area contributed by atoms with Crippen LogP contribution in [0.25, 0.3) is 0 Å². The number of aliphatic hydroxyl groups is 1. The van der Waals surface area contributed by atoms with Gasteiger partial charge in [-0.2, -0.15) is 0 Å². The minimum Gasteiger partial charge on any atom is -0.481 e. The second-order valence-electron chi connectivity index (χ2n) is 5.75. The van der Waals surface area contributed by atoms with Crippen LogP contribution in [0.5, 0.6) is 0 Å². The molecule has 0 radical (unpaired) electrons. The lowest BCUT2D eigenvalue weighted by molar-refractivity contribution is -0.137. The molecule has 0 fully saturated rings. The van der Waals surface area contributed by atoms with Crippen LogP contribution in [0.2, 0.25) is 0 Å². The molecule has 0 spiro atoms. The first-order chi connectivity index (χ1) is 11.2. The second kappa shape index (κ2) is 16.8. The van der Waals surface area contributed by atoms with Gasteiger partial charge >= 0.3 is 5.97 Å². The van der Waals surface area contributed by atoms with Gasteiger partial charge in [-0.05, 0) is 50.7 Å². The van der Waals surface area contributed by atoms with E-state index in [9.17, 15) is 9.90 Å². The summed E-state index contributed by atoms with van der Waals surface area (Å²) in [5.41, 5.74) is 0. The normalized spacial score (nSPS) is 12.4. The van der Waals surface area contributed by atoms with E-state index >= 15 is 0 Å². The average Bonchev–Trinajstić information content (AvgIpc) is 2.51. The molecule has 0 saturated heterocycles. The van der Waals surface area contributed by atoms with Crippen molar-refractivity contribution in [3.63, 3.8) is 0 Å². The maximum Gasteiger partial charge on any atom is 0.303 e. The van der Waals surface area contributed by atoms with Crippen molar-refractivity contribution in [2.75, 3.05) is 0 Å². The minimum absolute atomic E-state index is 0.251. The molecule has 0 bridgehead atoms. The van der Waals surface area contributed by atoms with Crippen LogP contribution < -0.4 is 0 Å². The molecule has 130 valence electrons. The van der Waals surface area contributed by atoms with Gasteiger partial charge in [-0.15, -0.1) is 0 Å². The number of unbranched alkanes of at least 4 members (excludes halogenated alkanes) is 6. The number of hydrogen-bond acceptors (Lipinski definition) is 2. The van der Waals surface area contributed by atoms with Gasteiger partial charge in [-0.1, -0.05) is 50.2 Å². The smallest absolute Gasteiger partial charge is 0.303 e. The van der Waals surface area contributed by atoms with Gasteiger partial charge in [0.25, 0.3) is 0 Å². The molecule has 1 unspecified atom stereocenters. The maximum absolute atomic E-state index is 10.3. The predicted molar refractivity (Wildman–Crippen MR) is 96.2 cm³/mol. The highest BCUT2D eigenvalue weighted by molar-refractivity contribution is 5.66. The van der Waals surface area contributed by atoms with E-state index < -0.39 is 5.97 Å². The van der Waals surface area contributed by atoms with Crippen molar-refractivity contribution in [1.29, 1.82) is 0 Å². The van der Waals surface area contributed by atoms with E-state index in [0.29, 0.717) is 6.42 Å². The van der Waals surface area contributed by atoms with E-state index in [4.69, 9.17) is 5.11 Å². The Hall–Kier alpha value is -1.53. The van der Waals surface area contributed by atoms with Gasteiger partial charge in [-0.3, -0.25) is 4.79 Å². The lowest BCUT2D eigenvalue weighted by Crippen LogP contribution is -2.00. The number of aliphatic carboxylic acids is 1. The number of allylic oxidation sites excluding steroid dienone is 3. The number of carbonyl (C=O) groups is 1. The maximum atomic E-state index is 10.3. The summed E-state index contributed by atoms with van der Waals surface area (Å²) in [6.45, 7) is 2.16. The van der Waals surface area contributed by atoms with Crippen LogP contribution in [-0.4, -0.2) is 22.3 Å². The third-order valence-corrected chi connectivity index (χ3v) is 3.46. The van der Waals surface area contributed by atoms with Crippen molar-refractivity contribution >= 4 is 5.97 Å². The molecular formula is C20H32O3. The van der Waals surface area contributed by atoms with Crippen molar-refractivity contribution < 1.29 is 15.0 Å². The highest BCUT2D eigenvalue weighted by Gasteiger charge is 1.96. The molecule has 3 heteroatoms. The van der Waals surface area contributed by atoms with E-state index in [1.165, 1.54) is 12.8 Å².